The lowest BCUT2D eigenvalue weighted by atomic mass is 9.84. The average Bonchev–Trinajstić information content (AvgIpc) is 3.05. The largest absolute Gasteiger partial charge is 0.359 e. The molecule has 1 aliphatic heterocycles. The number of hydrogen-bond acceptors (Lipinski definition) is 2. The number of amidine groups is 1. The van der Waals surface area contributed by atoms with Crippen molar-refractivity contribution in [3.63, 3.8) is 0 Å². The quantitative estimate of drug-likeness (QED) is 0.808. The second-order valence-corrected chi connectivity index (χ2v) is 7.05. The van der Waals surface area contributed by atoms with E-state index in [0.717, 1.165) is 6.54 Å². The third kappa shape index (κ3) is 2.87. The second-order valence-electron chi connectivity index (χ2n) is 6.08. The molecular weight excluding hydrogens is 240 g/mol. The molecule has 2 rings (SSSR count). The summed E-state index contributed by atoms with van der Waals surface area (Å²) in [6.45, 7) is 7.94. The van der Waals surface area contributed by atoms with Crippen LogP contribution in [0.4, 0.5) is 0 Å². The summed E-state index contributed by atoms with van der Waals surface area (Å²) >= 11 is 1.93. The molecule has 0 radical (unpaired) electrons. The maximum absolute atomic E-state index is 4.91. The van der Waals surface area contributed by atoms with Crippen LogP contribution in [0.3, 0.4) is 0 Å². The first-order chi connectivity index (χ1) is 8.67. The lowest BCUT2D eigenvalue weighted by Gasteiger charge is -2.27. The number of nitrogens with zero attached hydrogens (tertiary/aromatic N) is 1. The van der Waals surface area contributed by atoms with Crippen LogP contribution < -0.4 is 5.32 Å². The van der Waals surface area contributed by atoms with E-state index in [0.29, 0.717) is 11.0 Å². The van der Waals surface area contributed by atoms with E-state index in [-0.39, 0.29) is 0 Å². The van der Waals surface area contributed by atoms with Crippen molar-refractivity contribution in [3.05, 3.63) is 0 Å². The lowest BCUT2D eigenvalue weighted by molar-refractivity contribution is 0.297. The van der Waals surface area contributed by atoms with Gasteiger partial charge in [0.1, 0.15) is 0 Å². The molecule has 1 aliphatic carbocycles. The third-order valence-corrected chi connectivity index (χ3v) is 6.38. The molecule has 104 valence electrons. The SMILES string of the molecule is CCC1(CN=C2NC(CC)(CC)CS2)CCCC1. The van der Waals surface area contributed by atoms with Gasteiger partial charge in [0.25, 0.3) is 0 Å². The molecule has 1 saturated carbocycles. The number of hydrogen-bond donors (Lipinski definition) is 1. The summed E-state index contributed by atoms with van der Waals surface area (Å²) in [7, 11) is 0. The molecular formula is C15H28N2S. The molecule has 0 bridgehead atoms. The van der Waals surface area contributed by atoms with Gasteiger partial charge in [0.2, 0.25) is 0 Å². The predicted octanol–water partition coefficient (Wildman–Crippen LogP) is 4.21. The van der Waals surface area contributed by atoms with Crippen LogP contribution in [0.2, 0.25) is 0 Å². The Morgan fingerprint density at radius 3 is 2.28 bits per heavy atom. The number of thioether (sulfide) groups is 1. The molecule has 1 saturated heterocycles. The average molecular weight is 268 g/mol. The lowest BCUT2D eigenvalue weighted by Crippen LogP contribution is -2.42. The molecule has 1 N–H and O–H groups in total. The number of aliphatic imine (C=N–C) groups is 1. The van der Waals surface area contributed by atoms with Crippen LogP contribution in [0.1, 0.15) is 65.7 Å². The molecule has 0 spiro atoms. The monoisotopic (exact) mass is 268 g/mol. The molecule has 0 unspecified atom stereocenters. The Morgan fingerprint density at radius 1 is 1.11 bits per heavy atom. The van der Waals surface area contributed by atoms with E-state index >= 15 is 0 Å². The topological polar surface area (TPSA) is 24.4 Å². The van der Waals surface area contributed by atoms with E-state index in [4.69, 9.17) is 4.99 Å². The minimum Gasteiger partial charge on any atom is -0.359 e. The van der Waals surface area contributed by atoms with Gasteiger partial charge >= 0.3 is 0 Å². The first kappa shape index (κ1) is 14.2. The van der Waals surface area contributed by atoms with Gasteiger partial charge in [-0.05, 0) is 37.5 Å². The molecule has 0 amide bonds. The second kappa shape index (κ2) is 5.85. The Labute approximate surface area is 116 Å². The summed E-state index contributed by atoms with van der Waals surface area (Å²) in [5, 5.41) is 4.89. The van der Waals surface area contributed by atoms with Gasteiger partial charge in [-0.2, -0.15) is 0 Å². The van der Waals surface area contributed by atoms with Crippen molar-refractivity contribution in [1.29, 1.82) is 0 Å². The van der Waals surface area contributed by atoms with Crippen LogP contribution in [0, 0.1) is 5.41 Å². The van der Waals surface area contributed by atoms with Gasteiger partial charge in [0.15, 0.2) is 5.17 Å². The highest BCUT2D eigenvalue weighted by Crippen LogP contribution is 2.41. The van der Waals surface area contributed by atoms with Crippen molar-refractivity contribution in [2.45, 2.75) is 71.3 Å². The number of nitrogens with one attached hydrogen (secondary N) is 1. The van der Waals surface area contributed by atoms with Gasteiger partial charge < -0.3 is 5.32 Å². The van der Waals surface area contributed by atoms with Crippen LogP contribution in [0.5, 0.6) is 0 Å². The highest BCUT2D eigenvalue weighted by atomic mass is 32.2. The molecule has 2 nitrogen and oxygen atoms in total. The van der Waals surface area contributed by atoms with Gasteiger partial charge in [0, 0.05) is 17.8 Å². The van der Waals surface area contributed by atoms with Crippen LogP contribution in [0.25, 0.3) is 0 Å². The minimum absolute atomic E-state index is 0.318. The fourth-order valence-electron chi connectivity index (χ4n) is 3.21. The van der Waals surface area contributed by atoms with Gasteiger partial charge in [0.05, 0.1) is 0 Å². The normalized spacial score (nSPS) is 27.6. The van der Waals surface area contributed by atoms with E-state index in [1.807, 2.05) is 11.8 Å². The standard InChI is InChI=1S/C15H28N2S/c1-4-14(9-7-8-10-14)11-16-13-17-15(5-2,6-3)12-18-13/h4-12H2,1-3H3,(H,16,17). The Balaban J connectivity index is 1.95. The Morgan fingerprint density at radius 2 is 1.78 bits per heavy atom. The van der Waals surface area contributed by atoms with E-state index in [2.05, 4.69) is 26.1 Å². The summed E-state index contributed by atoms with van der Waals surface area (Å²) in [5.74, 6) is 1.19. The van der Waals surface area contributed by atoms with Gasteiger partial charge in [-0.1, -0.05) is 45.4 Å². The maximum Gasteiger partial charge on any atom is 0.157 e. The van der Waals surface area contributed by atoms with Crippen molar-refractivity contribution in [2.24, 2.45) is 10.4 Å². The predicted molar refractivity (Wildman–Crippen MR) is 82.4 cm³/mol. The minimum atomic E-state index is 0.318. The molecule has 0 aromatic carbocycles. The van der Waals surface area contributed by atoms with E-state index in [1.54, 1.807) is 0 Å². The van der Waals surface area contributed by atoms with Gasteiger partial charge in [-0.3, -0.25) is 4.99 Å². The zero-order valence-corrected chi connectivity index (χ0v) is 13.0. The zero-order chi connectivity index (χ0) is 13.1. The van der Waals surface area contributed by atoms with E-state index in [9.17, 15) is 0 Å². The highest BCUT2D eigenvalue weighted by molar-refractivity contribution is 8.14. The van der Waals surface area contributed by atoms with Crippen LogP contribution in [-0.4, -0.2) is 23.0 Å². The molecule has 0 aromatic rings. The molecule has 3 heteroatoms. The summed E-state index contributed by atoms with van der Waals surface area (Å²) < 4.78 is 0. The fraction of sp³-hybridized carbons (Fsp3) is 0.933. The van der Waals surface area contributed by atoms with Crippen molar-refractivity contribution >= 4 is 16.9 Å². The van der Waals surface area contributed by atoms with E-state index in [1.165, 1.54) is 55.9 Å². The molecule has 2 aliphatic rings. The molecule has 1 heterocycles. The summed E-state index contributed by atoms with van der Waals surface area (Å²) in [6, 6.07) is 0. The maximum atomic E-state index is 4.91. The first-order valence-electron chi connectivity index (χ1n) is 7.63. The first-order valence-corrected chi connectivity index (χ1v) is 8.61. The Kier molecular flexibility index (Phi) is 4.63. The van der Waals surface area contributed by atoms with Crippen molar-refractivity contribution < 1.29 is 0 Å². The summed E-state index contributed by atoms with van der Waals surface area (Å²) in [5.41, 5.74) is 0.845. The van der Waals surface area contributed by atoms with E-state index < -0.39 is 0 Å². The van der Waals surface area contributed by atoms with Crippen LogP contribution >= 0.6 is 11.8 Å². The Hall–Kier alpha value is -0.180. The van der Waals surface area contributed by atoms with Gasteiger partial charge in [-0.25, -0.2) is 0 Å². The van der Waals surface area contributed by atoms with Crippen LogP contribution in [-0.2, 0) is 0 Å². The molecule has 0 aromatic heterocycles. The summed E-state index contributed by atoms with van der Waals surface area (Å²) in [4.78, 5) is 4.91. The molecule has 0 atom stereocenters. The summed E-state index contributed by atoms with van der Waals surface area (Å²) in [6.07, 6.45) is 9.29. The highest BCUT2D eigenvalue weighted by Gasteiger charge is 2.35. The molecule has 2 fully saturated rings. The van der Waals surface area contributed by atoms with Crippen LogP contribution in [0.15, 0.2) is 4.99 Å². The fourth-order valence-corrected chi connectivity index (χ4v) is 4.55. The van der Waals surface area contributed by atoms with Crippen molar-refractivity contribution in [1.82, 2.24) is 5.32 Å². The third-order valence-electron chi connectivity index (χ3n) is 5.18. The van der Waals surface area contributed by atoms with Crippen molar-refractivity contribution in [3.8, 4) is 0 Å². The molecule has 18 heavy (non-hydrogen) atoms. The van der Waals surface area contributed by atoms with Gasteiger partial charge in [-0.15, -0.1) is 0 Å². The zero-order valence-electron chi connectivity index (χ0n) is 12.2. The number of rotatable bonds is 5. The Bertz CT molecular complexity index is 302. The van der Waals surface area contributed by atoms with Crippen molar-refractivity contribution in [2.75, 3.05) is 12.3 Å². The smallest absolute Gasteiger partial charge is 0.157 e.